The van der Waals surface area contributed by atoms with E-state index in [1.165, 1.54) is 0 Å². The van der Waals surface area contributed by atoms with Gasteiger partial charge in [-0.2, -0.15) is 0 Å². The van der Waals surface area contributed by atoms with Crippen molar-refractivity contribution in [1.29, 1.82) is 0 Å². The summed E-state index contributed by atoms with van der Waals surface area (Å²) in [6, 6.07) is 13.5. The second kappa shape index (κ2) is 11.2. The number of ether oxygens (including phenoxy) is 3. The highest BCUT2D eigenvalue weighted by Gasteiger charge is 2.22. The van der Waals surface area contributed by atoms with E-state index in [-0.39, 0.29) is 6.03 Å². The summed E-state index contributed by atoms with van der Waals surface area (Å²) in [6.45, 7) is 4.25. The second-order valence-corrected chi connectivity index (χ2v) is 8.91. The van der Waals surface area contributed by atoms with E-state index in [4.69, 9.17) is 19.2 Å². The van der Waals surface area contributed by atoms with Crippen molar-refractivity contribution in [3.8, 4) is 28.5 Å². The highest BCUT2D eigenvalue weighted by atomic mass is 32.1. The molecule has 4 rings (SSSR count). The number of carbonyl (C=O) groups excluding carboxylic acids is 1. The zero-order chi connectivity index (χ0) is 23.9. The molecule has 0 bridgehead atoms. The first kappa shape index (κ1) is 23.8. The highest BCUT2D eigenvalue weighted by molar-refractivity contribution is 7.09. The van der Waals surface area contributed by atoms with Crippen molar-refractivity contribution >= 4 is 17.4 Å². The van der Waals surface area contributed by atoms with Crippen LogP contribution in [0.2, 0.25) is 0 Å². The molecule has 1 aromatic heterocycles. The molecule has 1 N–H and O–H groups in total. The molecule has 1 aliphatic heterocycles. The molecular formula is C25H30N4O4S. The molecule has 0 spiro atoms. The van der Waals surface area contributed by atoms with E-state index in [9.17, 15) is 4.79 Å². The Hall–Kier alpha value is -3.30. The molecule has 0 saturated carbocycles. The first-order chi connectivity index (χ1) is 16.6. The molecule has 2 heterocycles. The van der Waals surface area contributed by atoms with E-state index in [0.29, 0.717) is 31.1 Å². The molecule has 1 aliphatic rings. The number of piperazine rings is 1. The molecule has 1 saturated heterocycles. The van der Waals surface area contributed by atoms with Gasteiger partial charge in [-0.3, -0.25) is 4.90 Å². The first-order valence-electron chi connectivity index (χ1n) is 11.1. The molecule has 2 aromatic carbocycles. The molecule has 8 nitrogen and oxygen atoms in total. The van der Waals surface area contributed by atoms with Gasteiger partial charge in [0.05, 0.1) is 33.6 Å². The van der Waals surface area contributed by atoms with Gasteiger partial charge in [0, 0.05) is 43.7 Å². The average Bonchev–Trinajstić information content (AvgIpc) is 3.36. The molecule has 0 aliphatic carbocycles. The summed E-state index contributed by atoms with van der Waals surface area (Å²) in [5, 5.41) is 6.18. The number of methoxy groups -OCH3 is 3. The maximum Gasteiger partial charge on any atom is 0.317 e. The lowest BCUT2D eigenvalue weighted by Crippen LogP contribution is -2.51. The molecule has 34 heavy (non-hydrogen) atoms. The summed E-state index contributed by atoms with van der Waals surface area (Å²) >= 11 is 1.67. The number of nitrogens with zero attached hydrogens (tertiary/aromatic N) is 3. The molecule has 1 fully saturated rings. The summed E-state index contributed by atoms with van der Waals surface area (Å²) in [6.07, 6.45) is 0. The third-order valence-electron chi connectivity index (χ3n) is 5.85. The Morgan fingerprint density at radius 3 is 2.38 bits per heavy atom. The van der Waals surface area contributed by atoms with Gasteiger partial charge in [0.1, 0.15) is 10.8 Å². The van der Waals surface area contributed by atoms with Crippen molar-refractivity contribution in [2.45, 2.75) is 13.1 Å². The van der Waals surface area contributed by atoms with E-state index in [0.717, 1.165) is 47.2 Å². The zero-order valence-electron chi connectivity index (χ0n) is 19.7. The summed E-state index contributed by atoms with van der Waals surface area (Å²) in [4.78, 5) is 21.6. The number of nitrogens with one attached hydrogen (secondary N) is 1. The van der Waals surface area contributed by atoms with Crippen molar-refractivity contribution in [2.75, 3.05) is 47.5 Å². The zero-order valence-corrected chi connectivity index (χ0v) is 20.6. The van der Waals surface area contributed by atoms with E-state index >= 15 is 0 Å². The number of aromatic nitrogens is 1. The maximum absolute atomic E-state index is 12.6. The fraction of sp³-hybridized carbons (Fsp3) is 0.360. The number of urea groups is 1. The minimum atomic E-state index is -0.0505. The van der Waals surface area contributed by atoms with Crippen molar-refractivity contribution in [3.63, 3.8) is 0 Å². The fourth-order valence-corrected chi connectivity index (χ4v) is 4.70. The quantitative estimate of drug-likeness (QED) is 0.526. The summed E-state index contributed by atoms with van der Waals surface area (Å²) in [5.41, 5.74) is 3.02. The SMILES string of the molecule is COc1ccc(-c2csc(CN3CCN(C(=O)NCc4ccc(OC)c(OC)c4)CC3)n2)cc1. The number of carbonyl (C=O) groups is 1. The molecule has 180 valence electrons. The van der Waals surface area contributed by atoms with Gasteiger partial charge in [-0.25, -0.2) is 9.78 Å². The number of amides is 2. The molecule has 0 atom stereocenters. The molecule has 0 unspecified atom stereocenters. The van der Waals surface area contributed by atoms with Gasteiger partial charge in [-0.15, -0.1) is 11.3 Å². The minimum absolute atomic E-state index is 0.0505. The number of hydrogen-bond acceptors (Lipinski definition) is 7. The van der Waals surface area contributed by atoms with Crippen LogP contribution in [-0.2, 0) is 13.1 Å². The Bertz CT molecular complexity index is 1090. The predicted molar refractivity (Wildman–Crippen MR) is 133 cm³/mol. The second-order valence-electron chi connectivity index (χ2n) is 7.97. The van der Waals surface area contributed by atoms with Crippen LogP contribution in [0.4, 0.5) is 4.79 Å². The average molecular weight is 483 g/mol. The molecule has 2 amide bonds. The summed E-state index contributed by atoms with van der Waals surface area (Å²) in [5.74, 6) is 2.16. The van der Waals surface area contributed by atoms with Gasteiger partial charge in [-0.05, 0) is 42.0 Å². The lowest BCUT2D eigenvalue weighted by atomic mass is 10.2. The lowest BCUT2D eigenvalue weighted by molar-refractivity contribution is 0.135. The third kappa shape index (κ3) is 5.78. The number of thiazole rings is 1. The van der Waals surface area contributed by atoms with Crippen molar-refractivity contribution < 1.29 is 19.0 Å². The van der Waals surface area contributed by atoms with Crippen LogP contribution in [0.3, 0.4) is 0 Å². The summed E-state index contributed by atoms with van der Waals surface area (Å²) in [7, 11) is 4.87. The van der Waals surface area contributed by atoms with Gasteiger partial charge in [0.25, 0.3) is 0 Å². The van der Waals surface area contributed by atoms with Crippen LogP contribution in [0.15, 0.2) is 47.8 Å². The van der Waals surface area contributed by atoms with Crippen LogP contribution in [0, 0.1) is 0 Å². The normalized spacial score (nSPS) is 14.0. The Kier molecular flexibility index (Phi) is 7.87. The molecule has 3 aromatic rings. The Labute approximate surface area is 204 Å². The van der Waals surface area contributed by atoms with Gasteiger partial charge < -0.3 is 24.4 Å². The number of hydrogen-bond donors (Lipinski definition) is 1. The van der Waals surface area contributed by atoms with Crippen LogP contribution < -0.4 is 19.5 Å². The van der Waals surface area contributed by atoms with Gasteiger partial charge >= 0.3 is 6.03 Å². The number of benzene rings is 2. The number of rotatable bonds is 8. The smallest absolute Gasteiger partial charge is 0.317 e. The standard InChI is InChI=1S/C25H30N4O4S/c1-31-20-7-5-19(6-8-20)21-17-34-24(27-21)16-28-10-12-29(13-11-28)25(30)26-15-18-4-9-22(32-2)23(14-18)33-3/h4-9,14,17H,10-13,15-16H2,1-3H3,(H,26,30). The Morgan fingerprint density at radius 1 is 0.971 bits per heavy atom. The predicted octanol–water partition coefficient (Wildman–Crippen LogP) is 3.86. The van der Waals surface area contributed by atoms with Gasteiger partial charge in [0.2, 0.25) is 0 Å². The first-order valence-corrected chi connectivity index (χ1v) is 12.0. The monoisotopic (exact) mass is 482 g/mol. The van der Waals surface area contributed by atoms with E-state index in [2.05, 4.69) is 15.6 Å². The molecule has 0 radical (unpaired) electrons. The Balaban J connectivity index is 1.24. The van der Waals surface area contributed by atoms with Crippen molar-refractivity contribution in [2.24, 2.45) is 0 Å². The lowest BCUT2D eigenvalue weighted by Gasteiger charge is -2.34. The summed E-state index contributed by atoms with van der Waals surface area (Å²) < 4.78 is 15.8. The maximum atomic E-state index is 12.6. The van der Waals surface area contributed by atoms with Gasteiger partial charge in [0.15, 0.2) is 11.5 Å². The van der Waals surface area contributed by atoms with Crippen LogP contribution in [0.5, 0.6) is 17.2 Å². The van der Waals surface area contributed by atoms with Crippen molar-refractivity contribution in [1.82, 2.24) is 20.1 Å². The molecular weight excluding hydrogens is 452 g/mol. The minimum Gasteiger partial charge on any atom is -0.497 e. The van der Waals surface area contributed by atoms with Crippen molar-refractivity contribution in [3.05, 3.63) is 58.4 Å². The van der Waals surface area contributed by atoms with Crippen LogP contribution in [0.1, 0.15) is 10.6 Å². The van der Waals surface area contributed by atoms with E-state index in [1.807, 2.05) is 47.4 Å². The van der Waals surface area contributed by atoms with Crippen LogP contribution in [0.25, 0.3) is 11.3 Å². The fourth-order valence-electron chi connectivity index (χ4n) is 3.86. The van der Waals surface area contributed by atoms with E-state index in [1.54, 1.807) is 32.7 Å². The third-order valence-corrected chi connectivity index (χ3v) is 6.68. The largest absolute Gasteiger partial charge is 0.497 e. The van der Waals surface area contributed by atoms with Gasteiger partial charge in [-0.1, -0.05) is 6.07 Å². The molecule has 9 heteroatoms. The van der Waals surface area contributed by atoms with Crippen LogP contribution >= 0.6 is 11.3 Å². The Morgan fingerprint density at radius 2 is 1.71 bits per heavy atom. The van der Waals surface area contributed by atoms with Crippen LogP contribution in [-0.4, -0.2) is 68.3 Å². The highest BCUT2D eigenvalue weighted by Crippen LogP contribution is 2.27. The topological polar surface area (TPSA) is 76.2 Å². The van der Waals surface area contributed by atoms with E-state index < -0.39 is 0 Å².